The molecule has 2 rings (SSSR count). The molecule has 1 heterocycles. The van der Waals surface area contributed by atoms with Gasteiger partial charge in [-0.3, -0.25) is 0 Å². The SMILES string of the molecule is CC(F)(I)c1cc(-c2cc(C(C)(I)I)ccc2N)ncn1. The second-order valence-corrected chi connectivity index (χ2v) is 13.3. The second kappa shape index (κ2) is 6.38. The van der Waals surface area contributed by atoms with Crippen molar-refractivity contribution in [2.24, 2.45) is 0 Å². The number of nitrogens with zero attached hydrogens (tertiary/aromatic N) is 2. The van der Waals surface area contributed by atoms with Gasteiger partial charge in [-0.05, 0) is 60.2 Å². The van der Waals surface area contributed by atoms with Crippen molar-refractivity contribution in [2.45, 2.75) is 19.0 Å². The summed E-state index contributed by atoms with van der Waals surface area (Å²) in [5.74, 6) is 0. The van der Waals surface area contributed by atoms with E-state index in [0.29, 0.717) is 17.1 Å². The van der Waals surface area contributed by atoms with Crippen LogP contribution in [0.5, 0.6) is 0 Å². The van der Waals surface area contributed by atoms with E-state index in [-0.39, 0.29) is 1.43 Å². The minimum Gasteiger partial charge on any atom is -0.398 e. The lowest BCUT2D eigenvalue weighted by Crippen LogP contribution is -2.08. The third-order valence-electron chi connectivity index (χ3n) is 2.95. The molecule has 0 aliphatic heterocycles. The Hall–Kier alpha value is 0.220. The van der Waals surface area contributed by atoms with Crippen LogP contribution in [0.25, 0.3) is 11.3 Å². The zero-order valence-corrected chi connectivity index (χ0v) is 17.8. The lowest BCUT2D eigenvalue weighted by molar-refractivity contribution is 0.341. The number of halogens is 4. The molecule has 3 nitrogen and oxygen atoms in total. The molecule has 21 heavy (non-hydrogen) atoms. The number of nitrogens with two attached hydrogens (primary N) is 1. The molecule has 1 unspecified atom stereocenters. The third-order valence-corrected chi connectivity index (χ3v) is 4.75. The molecule has 2 aromatic rings. The highest BCUT2D eigenvalue weighted by Gasteiger charge is 2.24. The Balaban J connectivity index is 2.57. The van der Waals surface area contributed by atoms with E-state index in [1.807, 2.05) is 18.2 Å². The topological polar surface area (TPSA) is 51.8 Å². The lowest BCUT2D eigenvalue weighted by Gasteiger charge is -2.18. The van der Waals surface area contributed by atoms with Crippen molar-refractivity contribution in [3.8, 4) is 11.3 Å². The number of rotatable bonds is 3. The zero-order chi connectivity index (χ0) is 15.8. The van der Waals surface area contributed by atoms with E-state index in [2.05, 4.69) is 62.1 Å². The first kappa shape index (κ1) is 17.6. The molecule has 0 aliphatic rings. The highest BCUT2D eigenvalue weighted by atomic mass is 127. The summed E-state index contributed by atoms with van der Waals surface area (Å²) < 4.78 is 12.5. The number of alkyl halides is 4. The fourth-order valence-corrected chi connectivity index (χ4v) is 2.76. The monoisotopic (exact) mass is 623 g/mol. The summed E-state index contributed by atoms with van der Waals surface area (Å²) in [7, 11) is 0. The molecule has 0 amide bonds. The Morgan fingerprint density at radius 1 is 1.10 bits per heavy atom. The second-order valence-electron chi connectivity index (χ2n) is 4.87. The van der Waals surface area contributed by atoms with Crippen LogP contribution < -0.4 is 5.73 Å². The molecule has 1 aromatic carbocycles. The van der Waals surface area contributed by atoms with E-state index in [1.54, 1.807) is 28.7 Å². The van der Waals surface area contributed by atoms with Gasteiger partial charge in [0.1, 0.15) is 6.33 Å². The summed E-state index contributed by atoms with van der Waals surface area (Å²) in [5, 5.41) is 0. The molecule has 0 bridgehead atoms. The van der Waals surface area contributed by atoms with Crippen molar-refractivity contribution >= 4 is 73.5 Å². The first-order valence-electron chi connectivity index (χ1n) is 6.07. The molecule has 0 saturated carbocycles. The van der Waals surface area contributed by atoms with Crippen LogP contribution >= 0.6 is 67.8 Å². The number of benzene rings is 1. The van der Waals surface area contributed by atoms with E-state index >= 15 is 0 Å². The molecular formula is C14H13FI3N3. The first-order valence-corrected chi connectivity index (χ1v) is 9.31. The normalized spacial score (nSPS) is 14.8. The molecule has 1 aromatic heterocycles. The molecule has 2 N–H and O–H groups in total. The molecule has 0 spiro atoms. The maximum absolute atomic E-state index is 14.0. The van der Waals surface area contributed by atoms with Gasteiger partial charge in [-0.2, -0.15) is 0 Å². The minimum atomic E-state index is -1.54. The highest BCUT2D eigenvalue weighted by molar-refractivity contribution is 14.2. The Kier molecular flexibility index (Phi) is 5.34. The Labute approximate surface area is 164 Å². The predicted octanol–water partition coefficient (Wildman–Crippen LogP) is 5.35. The molecule has 0 radical (unpaired) electrons. The number of nitrogen functional groups attached to an aromatic ring is 1. The summed E-state index contributed by atoms with van der Waals surface area (Å²) in [6.07, 6.45) is 1.38. The summed E-state index contributed by atoms with van der Waals surface area (Å²) >= 11 is 6.44. The van der Waals surface area contributed by atoms with Crippen LogP contribution in [0.15, 0.2) is 30.6 Å². The van der Waals surface area contributed by atoms with E-state index in [1.165, 1.54) is 13.3 Å². The minimum absolute atomic E-state index is 0.0499. The fourth-order valence-electron chi connectivity index (χ4n) is 1.80. The number of hydrogen-bond donors (Lipinski definition) is 1. The standard InChI is InChI=1S/C14H13FI3N3/c1-13(15,16)12-6-11(20-7-21-12)9-5-8(14(2,17)18)3-4-10(9)19/h3-7H,19H2,1-2H3. The Bertz CT molecular complexity index is 663. The van der Waals surface area contributed by atoms with Crippen LogP contribution in [0.1, 0.15) is 25.1 Å². The van der Waals surface area contributed by atoms with Crippen molar-refractivity contribution in [2.75, 3.05) is 5.73 Å². The van der Waals surface area contributed by atoms with Crippen molar-refractivity contribution in [3.63, 3.8) is 0 Å². The van der Waals surface area contributed by atoms with Gasteiger partial charge < -0.3 is 5.73 Å². The van der Waals surface area contributed by atoms with E-state index < -0.39 is 3.68 Å². The van der Waals surface area contributed by atoms with Crippen LogP contribution in [0.4, 0.5) is 10.1 Å². The largest absolute Gasteiger partial charge is 0.398 e. The van der Waals surface area contributed by atoms with Gasteiger partial charge >= 0.3 is 0 Å². The fraction of sp³-hybridized carbons (Fsp3) is 0.286. The van der Waals surface area contributed by atoms with Crippen LogP contribution in [0.3, 0.4) is 0 Å². The molecule has 1 atom stereocenters. The van der Waals surface area contributed by atoms with Gasteiger partial charge in [0.15, 0.2) is 3.68 Å². The summed E-state index contributed by atoms with van der Waals surface area (Å²) in [5.41, 5.74) is 9.59. The van der Waals surface area contributed by atoms with Crippen molar-refractivity contribution in [1.29, 1.82) is 0 Å². The average Bonchev–Trinajstić information content (AvgIpc) is 2.37. The van der Waals surface area contributed by atoms with E-state index in [0.717, 1.165) is 11.1 Å². The van der Waals surface area contributed by atoms with Gasteiger partial charge in [-0.1, -0.05) is 51.2 Å². The van der Waals surface area contributed by atoms with E-state index in [4.69, 9.17) is 5.73 Å². The smallest absolute Gasteiger partial charge is 0.200 e. The van der Waals surface area contributed by atoms with Crippen LogP contribution in [0, 0.1) is 0 Å². The Morgan fingerprint density at radius 2 is 1.76 bits per heavy atom. The molecule has 0 saturated heterocycles. The average molecular weight is 623 g/mol. The van der Waals surface area contributed by atoms with Crippen LogP contribution in [0.2, 0.25) is 0 Å². The van der Waals surface area contributed by atoms with Crippen LogP contribution in [-0.4, -0.2) is 9.97 Å². The van der Waals surface area contributed by atoms with Gasteiger partial charge in [0, 0.05) is 11.3 Å². The van der Waals surface area contributed by atoms with Gasteiger partial charge in [0.2, 0.25) is 0 Å². The number of aromatic nitrogens is 2. The first-order chi connectivity index (χ1) is 9.59. The van der Waals surface area contributed by atoms with Gasteiger partial charge in [-0.25, -0.2) is 14.4 Å². The van der Waals surface area contributed by atoms with Gasteiger partial charge in [-0.15, -0.1) is 0 Å². The van der Waals surface area contributed by atoms with Gasteiger partial charge in [0.05, 0.1) is 12.8 Å². The quantitative estimate of drug-likeness (QED) is 0.286. The molecule has 112 valence electrons. The van der Waals surface area contributed by atoms with Crippen molar-refractivity contribution in [3.05, 3.63) is 41.9 Å². The van der Waals surface area contributed by atoms with Crippen molar-refractivity contribution in [1.82, 2.24) is 9.97 Å². The predicted molar refractivity (Wildman–Crippen MR) is 110 cm³/mol. The zero-order valence-electron chi connectivity index (χ0n) is 11.4. The molecular weight excluding hydrogens is 610 g/mol. The molecule has 0 aliphatic carbocycles. The molecule has 0 fully saturated rings. The van der Waals surface area contributed by atoms with Gasteiger partial charge in [0.25, 0.3) is 0 Å². The summed E-state index contributed by atoms with van der Waals surface area (Å²) in [6, 6.07) is 7.51. The highest BCUT2D eigenvalue weighted by Crippen LogP contribution is 2.41. The maximum atomic E-state index is 14.0. The van der Waals surface area contributed by atoms with Crippen molar-refractivity contribution < 1.29 is 4.39 Å². The number of hydrogen-bond acceptors (Lipinski definition) is 3. The third kappa shape index (κ3) is 4.36. The Morgan fingerprint density at radius 3 is 2.33 bits per heavy atom. The summed E-state index contributed by atoms with van der Waals surface area (Å²) in [6.45, 7) is 3.57. The maximum Gasteiger partial charge on any atom is 0.200 e. The molecule has 7 heteroatoms. The van der Waals surface area contributed by atoms with E-state index in [9.17, 15) is 4.39 Å². The summed E-state index contributed by atoms with van der Waals surface area (Å²) in [4.78, 5) is 8.24. The lowest BCUT2D eigenvalue weighted by atomic mass is 10.0. The number of anilines is 1. The van der Waals surface area contributed by atoms with Crippen LogP contribution in [-0.2, 0) is 5.10 Å².